The second-order valence-electron chi connectivity index (χ2n) is 5.50. The smallest absolute Gasteiger partial charge is 0.303 e. The summed E-state index contributed by atoms with van der Waals surface area (Å²) in [5.74, 6) is -0.889. The number of carbonyl (C=O) groups excluding carboxylic acids is 1. The summed E-state index contributed by atoms with van der Waals surface area (Å²) in [6.45, 7) is 6.28. The van der Waals surface area contributed by atoms with Gasteiger partial charge in [-0.25, -0.2) is 0 Å². The van der Waals surface area contributed by atoms with Crippen molar-refractivity contribution in [2.75, 3.05) is 0 Å². The quantitative estimate of drug-likeness (QED) is 0.744. The molecule has 1 saturated heterocycles. The molecule has 4 heteroatoms. The van der Waals surface area contributed by atoms with Crippen LogP contribution in [0.1, 0.15) is 40.0 Å². The minimum Gasteiger partial charge on any atom is -0.481 e. The molecule has 0 radical (unpaired) electrons. The van der Waals surface area contributed by atoms with Crippen LogP contribution in [-0.2, 0) is 9.59 Å². The van der Waals surface area contributed by atoms with Gasteiger partial charge in [0.15, 0.2) is 0 Å². The van der Waals surface area contributed by atoms with Gasteiger partial charge in [-0.1, -0.05) is 20.8 Å². The van der Waals surface area contributed by atoms with Crippen molar-refractivity contribution in [2.24, 2.45) is 11.3 Å². The number of carbonyl (C=O) groups is 2. The zero-order chi connectivity index (χ0) is 11.6. The van der Waals surface area contributed by atoms with Crippen LogP contribution in [0.25, 0.3) is 0 Å². The highest BCUT2D eigenvalue weighted by atomic mass is 16.4. The Hall–Kier alpha value is -1.06. The number of amides is 1. The van der Waals surface area contributed by atoms with Crippen molar-refractivity contribution in [3.05, 3.63) is 0 Å². The standard InChI is InChI=1S/C11H19NO3/c1-11(2,3)6-8-7(5-10(14)15)4-9(13)12-8/h7-8H,4-6H2,1-3H3,(H,12,13)(H,14,15)/t7-,8-/m0/s1. The molecule has 1 heterocycles. The molecule has 4 nitrogen and oxygen atoms in total. The fourth-order valence-corrected chi connectivity index (χ4v) is 2.08. The summed E-state index contributed by atoms with van der Waals surface area (Å²) in [4.78, 5) is 21.9. The lowest BCUT2D eigenvalue weighted by Crippen LogP contribution is -2.33. The van der Waals surface area contributed by atoms with E-state index in [9.17, 15) is 9.59 Å². The van der Waals surface area contributed by atoms with Crippen molar-refractivity contribution < 1.29 is 14.7 Å². The zero-order valence-corrected chi connectivity index (χ0v) is 9.54. The monoisotopic (exact) mass is 213 g/mol. The van der Waals surface area contributed by atoms with Gasteiger partial charge >= 0.3 is 5.97 Å². The van der Waals surface area contributed by atoms with Crippen LogP contribution >= 0.6 is 0 Å². The van der Waals surface area contributed by atoms with Crippen molar-refractivity contribution in [3.8, 4) is 0 Å². The Kier molecular flexibility index (Phi) is 3.37. The highest BCUT2D eigenvalue weighted by Crippen LogP contribution is 2.30. The molecule has 0 aromatic rings. The first-order chi connectivity index (χ1) is 6.78. The van der Waals surface area contributed by atoms with E-state index in [2.05, 4.69) is 26.1 Å². The van der Waals surface area contributed by atoms with E-state index >= 15 is 0 Å². The molecule has 1 aliphatic heterocycles. The average molecular weight is 213 g/mol. The van der Waals surface area contributed by atoms with E-state index < -0.39 is 5.97 Å². The summed E-state index contributed by atoms with van der Waals surface area (Å²) >= 11 is 0. The van der Waals surface area contributed by atoms with Crippen LogP contribution in [0.4, 0.5) is 0 Å². The van der Waals surface area contributed by atoms with E-state index in [1.54, 1.807) is 0 Å². The maximum Gasteiger partial charge on any atom is 0.303 e. The van der Waals surface area contributed by atoms with Crippen molar-refractivity contribution in [3.63, 3.8) is 0 Å². The van der Waals surface area contributed by atoms with Crippen LogP contribution in [0, 0.1) is 11.3 Å². The van der Waals surface area contributed by atoms with Gasteiger partial charge in [0.2, 0.25) is 5.91 Å². The lowest BCUT2D eigenvalue weighted by atomic mass is 9.83. The first-order valence-electron chi connectivity index (χ1n) is 5.29. The first kappa shape index (κ1) is 12.0. The zero-order valence-electron chi connectivity index (χ0n) is 9.54. The van der Waals surface area contributed by atoms with E-state index in [1.807, 2.05) is 0 Å². The molecule has 0 aliphatic carbocycles. The maximum atomic E-state index is 11.2. The fraction of sp³-hybridized carbons (Fsp3) is 0.818. The number of rotatable bonds is 3. The molecule has 1 aliphatic rings. The van der Waals surface area contributed by atoms with Crippen molar-refractivity contribution >= 4 is 11.9 Å². The maximum absolute atomic E-state index is 11.2. The Balaban J connectivity index is 2.60. The highest BCUT2D eigenvalue weighted by molar-refractivity contribution is 5.80. The van der Waals surface area contributed by atoms with Gasteiger partial charge in [0.25, 0.3) is 0 Å². The highest BCUT2D eigenvalue weighted by Gasteiger charge is 2.35. The third-order valence-corrected chi connectivity index (χ3v) is 2.63. The number of hydrogen-bond acceptors (Lipinski definition) is 2. The number of carboxylic acid groups (broad SMARTS) is 1. The van der Waals surface area contributed by atoms with Crippen LogP contribution in [0.3, 0.4) is 0 Å². The van der Waals surface area contributed by atoms with Crippen molar-refractivity contribution in [1.29, 1.82) is 0 Å². The van der Waals surface area contributed by atoms with E-state index in [-0.39, 0.29) is 29.7 Å². The summed E-state index contributed by atoms with van der Waals surface area (Å²) in [5, 5.41) is 11.6. The summed E-state index contributed by atoms with van der Waals surface area (Å²) < 4.78 is 0. The van der Waals surface area contributed by atoms with Gasteiger partial charge < -0.3 is 10.4 Å². The van der Waals surface area contributed by atoms with Gasteiger partial charge in [0, 0.05) is 12.5 Å². The van der Waals surface area contributed by atoms with Crippen molar-refractivity contribution in [1.82, 2.24) is 5.32 Å². The van der Waals surface area contributed by atoms with Gasteiger partial charge in [0.1, 0.15) is 0 Å². The largest absolute Gasteiger partial charge is 0.481 e. The number of carboxylic acids is 1. The Bertz CT molecular complexity index is 267. The minimum atomic E-state index is -0.824. The molecule has 0 spiro atoms. The molecule has 0 aromatic heterocycles. The number of aliphatic carboxylic acids is 1. The molecule has 2 atom stereocenters. The predicted molar refractivity (Wildman–Crippen MR) is 56.4 cm³/mol. The van der Waals surface area contributed by atoms with E-state index in [0.717, 1.165) is 6.42 Å². The normalized spacial score (nSPS) is 26.5. The van der Waals surface area contributed by atoms with Gasteiger partial charge in [0.05, 0.1) is 6.42 Å². The fourth-order valence-electron chi connectivity index (χ4n) is 2.08. The SMILES string of the molecule is CC(C)(C)C[C@@H]1NC(=O)C[C@H]1CC(=O)O. The molecular weight excluding hydrogens is 194 g/mol. The van der Waals surface area contributed by atoms with E-state index in [4.69, 9.17) is 5.11 Å². The van der Waals surface area contributed by atoms with Gasteiger partial charge in [-0.15, -0.1) is 0 Å². The topological polar surface area (TPSA) is 66.4 Å². The summed E-state index contributed by atoms with van der Waals surface area (Å²) in [6.07, 6.45) is 1.27. The Morgan fingerprint density at radius 2 is 2.13 bits per heavy atom. The van der Waals surface area contributed by atoms with Crippen LogP contribution in [-0.4, -0.2) is 23.0 Å². The molecule has 1 amide bonds. The van der Waals surface area contributed by atoms with Crippen LogP contribution < -0.4 is 5.32 Å². The Labute approximate surface area is 90.0 Å². The first-order valence-corrected chi connectivity index (χ1v) is 5.29. The van der Waals surface area contributed by atoms with Crippen LogP contribution in [0.15, 0.2) is 0 Å². The minimum absolute atomic E-state index is 0.0181. The number of hydrogen-bond donors (Lipinski definition) is 2. The predicted octanol–water partition coefficient (Wildman–Crippen LogP) is 1.40. The number of nitrogens with one attached hydrogen (secondary N) is 1. The van der Waals surface area contributed by atoms with Gasteiger partial charge in [-0.3, -0.25) is 9.59 Å². The molecule has 1 rings (SSSR count). The Morgan fingerprint density at radius 3 is 2.60 bits per heavy atom. The van der Waals surface area contributed by atoms with E-state index in [1.165, 1.54) is 0 Å². The summed E-state index contributed by atoms with van der Waals surface area (Å²) in [5.41, 5.74) is 0.110. The van der Waals surface area contributed by atoms with Crippen molar-refractivity contribution in [2.45, 2.75) is 46.1 Å². The van der Waals surface area contributed by atoms with Crippen LogP contribution in [0.5, 0.6) is 0 Å². The van der Waals surface area contributed by atoms with Gasteiger partial charge in [-0.05, 0) is 17.8 Å². The average Bonchev–Trinajstić information content (AvgIpc) is 2.25. The third kappa shape index (κ3) is 3.90. The lowest BCUT2D eigenvalue weighted by molar-refractivity contribution is -0.138. The third-order valence-electron chi connectivity index (χ3n) is 2.63. The molecule has 1 fully saturated rings. The Morgan fingerprint density at radius 1 is 1.53 bits per heavy atom. The molecule has 0 unspecified atom stereocenters. The van der Waals surface area contributed by atoms with Gasteiger partial charge in [-0.2, -0.15) is 0 Å². The van der Waals surface area contributed by atoms with E-state index in [0.29, 0.717) is 6.42 Å². The second kappa shape index (κ2) is 4.21. The molecule has 0 bridgehead atoms. The summed E-state index contributed by atoms with van der Waals surface area (Å²) in [6, 6.07) is 0.0219. The molecule has 86 valence electrons. The van der Waals surface area contributed by atoms with Crippen LogP contribution in [0.2, 0.25) is 0 Å². The summed E-state index contributed by atoms with van der Waals surface area (Å²) in [7, 11) is 0. The lowest BCUT2D eigenvalue weighted by Gasteiger charge is -2.26. The molecule has 0 aromatic carbocycles. The second-order valence-corrected chi connectivity index (χ2v) is 5.50. The molecule has 2 N–H and O–H groups in total. The molecule has 15 heavy (non-hydrogen) atoms. The molecule has 0 saturated carbocycles. The molecular formula is C11H19NO3.